The van der Waals surface area contributed by atoms with Crippen LogP contribution in [0, 0.1) is 12.7 Å². The maximum absolute atomic E-state index is 14.1. The van der Waals surface area contributed by atoms with Gasteiger partial charge in [0.15, 0.2) is 0 Å². The minimum atomic E-state index is -0.292. The molecule has 0 saturated heterocycles. The summed E-state index contributed by atoms with van der Waals surface area (Å²) in [5, 5.41) is 0. The predicted octanol–water partition coefficient (Wildman–Crippen LogP) is 4.64. The van der Waals surface area contributed by atoms with Gasteiger partial charge in [-0.05, 0) is 36.2 Å². The number of hydrogen-bond acceptors (Lipinski definition) is 2. The van der Waals surface area contributed by atoms with Crippen LogP contribution in [0.1, 0.15) is 21.5 Å². The lowest BCUT2D eigenvalue weighted by Gasteiger charge is -2.16. The molecule has 1 atom stereocenters. The van der Waals surface area contributed by atoms with Crippen molar-refractivity contribution in [2.45, 2.75) is 11.8 Å². The molecule has 2 nitrogen and oxygen atoms in total. The van der Waals surface area contributed by atoms with Gasteiger partial charge < -0.3 is 9.47 Å². The first-order valence-electron chi connectivity index (χ1n) is 6.19. The Balaban J connectivity index is 2.46. The molecule has 20 heavy (non-hydrogen) atoms. The Labute approximate surface area is 126 Å². The van der Waals surface area contributed by atoms with Gasteiger partial charge in [-0.25, -0.2) is 4.39 Å². The van der Waals surface area contributed by atoms with Crippen molar-refractivity contribution in [3.8, 4) is 11.5 Å². The Morgan fingerprint density at radius 2 is 1.75 bits per heavy atom. The van der Waals surface area contributed by atoms with Gasteiger partial charge >= 0.3 is 0 Å². The summed E-state index contributed by atoms with van der Waals surface area (Å²) >= 11 is 3.56. The maximum Gasteiger partial charge on any atom is 0.131 e. The number of rotatable bonds is 4. The third-order valence-electron chi connectivity index (χ3n) is 3.20. The van der Waals surface area contributed by atoms with Crippen molar-refractivity contribution < 1.29 is 13.9 Å². The fraction of sp³-hybridized carbons (Fsp3) is 0.250. The van der Waals surface area contributed by atoms with Crippen molar-refractivity contribution in [3.05, 3.63) is 58.9 Å². The van der Waals surface area contributed by atoms with E-state index in [9.17, 15) is 4.39 Å². The first kappa shape index (κ1) is 14.9. The molecule has 0 radical (unpaired) electrons. The van der Waals surface area contributed by atoms with Crippen LogP contribution in [0.5, 0.6) is 11.5 Å². The number of alkyl halides is 1. The lowest BCUT2D eigenvalue weighted by Crippen LogP contribution is -2.01. The van der Waals surface area contributed by atoms with Gasteiger partial charge in [-0.1, -0.05) is 34.1 Å². The number of halogens is 2. The molecule has 4 heteroatoms. The molecule has 0 saturated carbocycles. The van der Waals surface area contributed by atoms with Gasteiger partial charge in [-0.3, -0.25) is 0 Å². The summed E-state index contributed by atoms with van der Waals surface area (Å²) in [6.07, 6.45) is 0. The van der Waals surface area contributed by atoms with Gasteiger partial charge in [-0.15, -0.1) is 0 Å². The number of methoxy groups -OCH3 is 2. The Bertz CT molecular complexity index is 613. The van der Waals surface area contributed by atoms with Crippen LogP contribution in [-0.2, 0) is 0 Å². The molecular formula is C16H16BrFO2. The molecule has 2 aromatic carbocycles. The fourth-order valence-corrected chi connectivity index (χ4v) is 2.90. The summed E-state index contributed by atoms with van der Waals surface area (Å²) in [6.45, 7) is 1.96. The standard InChI is InChI=1S/C16H16BrFO2/c1-10-9-11(7-8-13(10)19-2)16(17)15-12(18)5-4-6-14(15)20-3/h4-9,16H,1-3H3. The van der Waals surface area contributed by atoms with Crippen molar-refractivity contribution in [1.29, 1.82) is 0 Å². The molecule has 2 aromatic rings. The zero-order chi connectivity index (χ0) is 14.7. The monoisotopic (exact) mass is 338 g/mol. The molecule has 0 N–H and O–H groups in total. The molecule has 0 aromatic heterocycles. The van der Waals surface area contributed by atoms with Crippen LogP contribution in [-0.4, -0.2) is 14.2 Å². The lowest BCUT2D eigenvalue weighted by molar-refractivity contribution is 0.405. The molecule has 0 aliphatic carbocycles. The van der Waals surface area contributed by atoms with E-state index in [0.29, 0.717) is 11.3 Å². The fourth-order valence-electron chi connectivity index (χ4n) is 2.17. The van der Waals surface area contributed by atoms with E-state index >= 15 is 0 Å². The van der Waals surface area contributed by atoms with Gasteiger partial charge in [0, 0.05) is 5.56 Å². The molecule has 0 bridgehead atoms. The van der Waals surface area contributed by atoms with Crippen LogP contribution in [0.2, 0.25) is 0 Å². The van der Waals surface area contributed by atoms with E-state index in [2.05, 4.69) is 15.9 Å². The topological polar surface area (TPSA) is 18.5 Å². The molecule has 0 aliphatic rings. The van der Waals surface area contributed by atoms with Gasteiger partial charge in [0.05, 0.1) is 19.0 Å². The highest BCUT2D eigenvalue weighted by atomic mass is 79.9. The Kier molecular flexibility index (Phi) is 4.65. The van der Waals surface area contributed by atoms with Crippen LogP contribution in [0.25, 0.3) is 0 Å². The smallest absolute Gasteiger partial charge is 0.131 e. The number of ether oxygens (including phenoxy) is 2. The maximum atomic E-state index is 14.1. The van der Waals surface area contributed by atoms with Crippen LogP contribution in [0.4, 0.5) is 4.39 Å². The first-order chi connectivity index (χ1) is 9.58. The summed E-state index contributed by atoms with van der Waals surface area (Å²) < 4.78 is 24.6. The highest BCUT2D eigenvalue weighted by molar-refractivity contribution is 9.09. The summed E-state index contributed by atoms with van der Waals surface area (Å²) in [6, 6.07) is 10.6. The molecule has 0 heterocycles. The minimum Gasteiger partial charge on any atom is -0.496 e. The molecular weight excluding hydrogens is 323 g/mol. The zero-order valence-corrected chi connectivity index (χ0v) is 13.2. The summed E-state index contributed by atoms with van der Waals surface area (Å²) in [5.41, 5.74) is 2.45. The summed E-state index contributed by atoms with van der Waals surface area (Å²) in [7, 11) is 3.17. The van der Waals surface area contributed by atoms with Crippen LogP contribution >= 0.6 is 15.9 Å². The SMILES string of the molecule is COc1ccc(C(Br)c2c(F)cccc2OC)cc1C. The number of aryl methyl sites for hydroxylation is 1. The third kappa shape index (κ3) is 2.80. The summed E-state index contributed by atoms with van der Waals surface area (Å²) in [5.74, 6) is 1.05. The van der Waals surface area contributed by atoms with Crippen LogP contribution < -0.4 is 9.47 Å². The number of hydrogen-bond donors (Lipinski definition) is 0. The van der Waals surface area contributed by atoms with E-state index in [4.69, 9.17) is 9.47 Å². The van der Waals surface area contributed by atoms with E-state index in [1.54, 1.807) is 19.2 Å². The third-order valence-corrected chi connectivity index (χ3v) is 4.18. The predicted molar refractivity (Wildman–Crippen MR) is 81.5 cm³/mol. The normalized spacial score (nSPS) is 12.1. The van der Waals surface area contributed by atoms with E-state index < -0.39 is 0 Å². The highest BCUT2D eigenvalue weighted by Crippen LogP contribution is 2.39. The van der Waals surface area contributed by atoms with E-state index in [1.807, 2.05) is 25.1 Å². The minimum absolute atomic E-state index is 0.275. The largest absolute Gasteiger partial charge is 0.496 e. The van der Waals surface area contributed by atoms with Gasteiger partial charge in [0.1, 0.15) is 17.3 Å². The second-order valence-electron chi connectivity index (χ2n) is 4.45. The quantitative estimate of drug-likeness (QED) is 0.756. The van der Waals surface area contributed by atoms with Crippen molar-refractivity contribution in [1.82, 2.24) is 0 Å². The van der Waals surface area contributed by atoms with Crippen LogP contribution in [0.3, 0.4) is 0 Å². The number of benzene rings is 2. The molecule has 0 spiro atoms. The van der Waals surface area contributed by atoms with Crippen molar-refractivity contribution in [2.75, 3.05) is 14.2 Å². The Hall–Kier alpha value is -1.55. The molecule has 0 fully saturated rings. The molecule has 2 rings (SSSR count). The van der Waals surface area contributed by atoms with Crippen molar-refractivity contribution >= 4 is 15.9 Å². The zero-order valence-electron chi connectivity index (χ0n) is 11.6. The van der Waals surface area contributed by atoms with Gasteiger partial charge in [-0.2, -0.15) is 0 Å². The Morgan fingerprint density at radius 3 is 2.35 bits per heavy atom. The van der Waals surface area contributed by atoms with Crippen molar-refractivity contribution in [3.63, 3.8) is 0 Å². The van der Waals surface area contributed by atoms with E-state index in [1.165, 1.54) is 13.2 Å². The van der Waals surface area contributed by atoms with Gasteiger partial charge in [0.25, 0.3) is 0 Å². The average molecular weight is 339 g/mol. The van der Waals surface area contributed by atoms with Crippen molar-refractivity contribution in [2.24, 2.45) is 0 Å². The first-order valence-corrected chi connectivity index (χ1v) is 7.11. The van der Waals surface area contributed by atoms with Gasteiger partial charge in [0.2, 0.25) is 0 Å². The molecule has 0 aliphatic heterocycles. The summed E-state index contributed by atoms with van der Waals surface area (Å²) in [4.78, 5) is -0.275. The second-order valence-corrected chi connectivity index (χ2v) is 5.36. The average Bonchev–Trinajstić information content (AvgIpc) is 2.46. The molecule has 0 amide bonds. The lowest BCUT2D eigenvalue weighted by atomic mass is 10.0. The highest BCUT2D eigenvalue weighted by Gasteiger charge is 2.20. The second kappa shape index (κ2) is 6.27. The van der Waals surface area contributed by atoms with E-state index in [-0.39, 0.29) is 10.6 Å². The Morgan fingerprint density at radius 1 is 1.05 bits per heavy atom. The molecule has 1 unspecified atom stereocenters. The van der Waals surface area contributed by atoms with Crippen LogP contribution in [0.15, 0.2) is 36.4 Å². The van der Waals surface area contributed by atoms with E-state index in [0.717, 1.165) is 16.9 Å². The molecule has 106 valence electrons.